The van der Waals surface area contributed by atoms with Gasteiger partial charge in [-0.25, -0.2) is 0 Å². The van der Waals surface area contributed by atoms with Gasteiger partial charge in [-0.1, -0.05) is 62.4 Å². The van der Waals surface area contributed by atoms with E-state index in [4.69, 9.17) is 4.74 Å². The highest BCUT2D eigenvalue weighted by Crippen LogP contribution is 2.43. The van der Waals surface area contributed by atoms with Crippen LogP contribution in [0.15, 0.2) is 54.1 Å². The van der Waals surface area contributed by atoms with Crippen molar-refractivity contribution >= 4 is 5.97 Å². The second-order valence-electron chi connectivity index (χ2n) is 9.45. The zero-order valence-corrected chi connectivity index (χ0v) is 17.7. The minimum absolute atomic E-state index is 0.155. The summed E-state index contributed by atoms with van der Waals surface area (Å²) in [5.41, 5.74) is 2.58. The number of hydrogen-bond donors (Lipinski definition) is 1. The fourth-order valence-electron chi connectivity index (χ4n) is 5.55. The normalized spacial score (nSPS) is 36.9. The van der Waals surface area contributed by atoms with E-state index in [0.29, 0.717) is 36.5 Å². The quantitative estimate of drug-likeness (QED) is 0.707. The van der Waals surface area contributed by atoms with Gasteiger partial charge in [-0.2, -0.15) is 0 Å². The van der Waals surface area contributed by atoms with Crippen molar-refractivity contribution in [3.63, 3.8) is 0 Å². The molecule has 0 amide bonds. The molecule has 29 heavy (non-hydrogen) atoms. The van der Waals surface area contributed by atoms with Crippen LogP contribution in [0, 0.1) is 29.6 Å². The average molecular weight is 395 g/mol. The molecule has 7 atom stereocenters. The molecule has 1 fully saturated rings. The van der Waals surface area contributed by atoms with Crippen molar-refractivity contribution in [2.75, 3.05) is 0 Å². The summed E-state index contributed by atoms with van der Waals surface area (Å²) in [5, 5.41) is 10.7. The van der Waals surface area contributed by atoms with Crippen LogP contribution in [0.5, 0.6) is 0 Å². The minimum Gasteiger partial charge on any atom is -0.462 e. The standard InChI is InChI=1S/C26H34O3/c1-17-8-12-23-20(14-17)10-9-18(2)22(23)13-11-21-16-25(27)24(26(28)29-21)15-19-6-4-3-5-7-19/h3-7,9-10,14,17-18,21-25,27H,8,11-13,15-16H2,1-2H3. The van der Waals surface area contributed by atoms with E-state index in [1.807, 2.05) is 30.3 Å². The maximum Gasteiger partial charge on any atom is 0.312 e. The first kappa shape index (κ1) is 20.4. The molecule has 1 saturated heterocycles. The van der Waals surface area contributed by atoms with Gasteiger partial charge < -0.3 is 9.84 Å². The molecule has 156 valence electrons. The van der Waals surface area contributed by atoms with E-state index in [1.165, 1.54) is 18.4 Å². The number of carbonyl (C=O) groups excluding carboxylic acids is 1. The number of allylic oxidation sites excluding steroid dienone is 4. The number of cyclic esters (lactones) is 1. The number of carbonyl (C=O) groups is 1. The number of aliphatic hydroxyl groups is 1. The van der Waals surface area contributed by atoms with Crippen LogP contribution in [0.2, 0.25) is 0 Å². The maximum absolute atomic E-state index is 12.6. The van der Waals surface area contributed by atoms with Crippen LogP contribution in [0.3, 0.4) is 0 Å². The van der Waals surface area contributed by atoms with Crippen molar-refractivity contribution in [2.24, 2.45) is 29.6 Å². The number of benzene rings is 1. The molecule has 0 spiro atoms. The zero-order chi connectivity index (χ0) is 20.4. The van der Waals surface area contributed by atoms with Gasteiger partial charge in [0.15, 0.2) is 0 Å². The highest BCUT2D eigenvalue weighted by molar-refractivity contribution is 5.74. The average Bonchev–Trinajstić information content (AvgIpc) is 2.71. The van der Waals surface area contributed by atoms with Crippen molar-refractivity contribution in [3.8, 4) is 0 Å². The Balaban J connectivity index is 1.34. The molecule has 3 nitrogen and oxygen atoms in total. The zero-order valence-electron chi connectivity index (χ0n) is 17.7. The molecule has 0 bridgehead atoms. The molecule has 1 aliphatic heterocycles. The van der Waals surface area contributed by atoms with Crippen molar-refractivity contribution in [3.05, 3.63) is 59.7 Å². The summed E-state index contributed by atoms with van der Waals surface area (Å²) in [6, 6.07) is 9.89. The summed E-state index contributed by atoms with van der Waals surface area (Å²) in [6.07, 6.45) is 11.9. The molecule has 1 aromatic carbocycles. The molecule has 7 unspecified atom stereocenters. The molecule has 1 N–H and O–H groups in total. The summed E-state index contributed by atoms with van der Waals surface area (Å²) >= 11 is 0. The first-order valence-electron chi connectivity index (χ1n) is 11.3. The Morgan fingerprint density at radius 2 is 1.90 bits per heavy atom. The summed E-state index contributed by atoms with van der Waals surface area (Å²) in [4.78, 5) is 12.6. The third kappa shape index (κ3) is 4.66. The summed E-state index contributed by atoms with van der Waals surface area (Å²) in [5.74, 6) is 1.80. The summed E-state index contributed by atoms with van der Waals surface area (Å²) in [6.45, 7) is 4.62. The Bertz CT molecular complexity index is 765. The number of hydrogen-bond acceptors (Lipinski definition) is 3. The largest absolute Gasteiger partial charge is 0.462 e. The van der Waals surface area contributed by atoms with E-state index >= 15 is 0 Å². The van der Waals surface area contributed by atoms with Crippen molar-refractivity contribution in [2.45, 2.75) is 64.6 Å². The smallest absolute Gasteiger partial charge is 0.312 e. The number of fused-ring (bicyclic) bond motifs is 1. The van der Waals surface area contributed by atoms with E-state index in [2.05, 4.69) is 32.1 Å². The molecule has 3 aliphatic rings. The predicted molar refractivity (Wildman–Crippen MR) is 115 cm³/mol. The van der Waals surface area contributed by atoms with Crippen LogP contribution >= 0.6 is 0 Å². The van der Waals surface area contributed by atoms with Crippen LogP contribution in [0.1, 0.15) is 51.5 Å². The Kier molecular flexibility index (Phi) is 6.24. The second kappa shape index (κ2) is 8.87. The van der Waals surface area contributed by atoms with Gasteiger partial charge in [0.2, 0.25) is 0 Å². The topological polar surface area (TPSA) is 46.5 Å². The first-order valence-corrected chi connectivity index (χ1v) is 11.3. The number of ether oxygens (including phenoxy) is 1. The third-order valence-corrected chi connectivity index (χ3v) is 7.30. The number of aliphatic hydroxyl groups excluding tert-OH is 1. The van der Waals surface area contributed by atoms with Gasteiger partial charge >= 0.3 is 5.97 Å². The van der Waals surface area contributed by atoms with E-state index in [9.17, 15) is 9.90 Å². The fraction of sp³-hybridized carbons (Fsp3) is 0.577. The van der Waals surface area contributed by atoms with Crippen LogP contribution in [-0.4, -0.2) is 23.3 Å². The highest BCUT2D eigenvalue weighted by atomic mass is 16.5. The summed E-state index contributed by atoms with van der Waals surface area (Å²) in [7, 11) is 0. The van der Waals surface area contributed by atoms with Gasteiger partial charge in [0, 0.05) is 6.42 Å². The van der Waals surface area contributed by atoms with Crippen molar-refractivity contribution < 1.29 is 14.6 Å². The molecular weight excluding hydrogens is 360 g/mol. The number of esters is 1. The van der Waals surface area contributed by atoms with Gasteiger partial charge in [-0.15, -0.1) is 0 Å². The Morgan fingerprint density at radius 3 is 2.66 bits per heavy atom. The van der Waals surface area contributed by atoms with Gasteiger partial charge in [-0.05, 0) is 66.9 Å². The molecular formula is C26H34O3. The molecule has 0 saturated carbocycles. The number of rotatable bonds is 5. The van der Waals surface area contributed by atoms with E-state index in [-0.39, 0.29) is 12.1 Å². The maximum atomic E-state index is 12.6. The molecule has 1 heterocycles. The van der Waals surface area contributed by atoms with Crippen molar-refractivity contribution in [1.29, 1.82) is 0 Å². The van der Waals surface area contributed by atoms with E-state index < -0.39 is 12.0 Å². The van der Waals surface area contributed by atoms with Crippen LogP contribution in [0.25, 0.3) is 0 Å². The Morgan fingerprint density at radius 1 is 1.10 bits per heavy atom. The van der Waals surface area contributed by atoms with Gasteiger partial charge in [0.1, 0.15) is 6.10 Å². The summed E-state index contributed by atoms with van der Waals surface area (Å²) < 4.78 is 5.79. The molecule has 0 aromatic heterocycles. The third-order valence-electron chi connectivity index (χ3n) is 7.30. The highest BCUT2D eigenvalue weighted by Gasteiger charge is 2.39. The monoisotopic (exact) mass is 394 g/mol. The van der Waals surface area contributed by atoms with Crippen LogP contribution in [0.4, 0.5) is 0 Å². The second-order valence-corrected chi connectivity index (χ2v) is 9.45. The van der Waals surface area contributed by atoms with Crippen LogP contribution in [-0.2, 0) is 16.0 Å². The molecule has 3 heteroatoms. The molecule has 2 aliphatic carbocycles. The minimum atomic E-state index is -0.615. The molecule has 1 aromatic rings. The lowest BCUT2D eigenvalue weighted by Gasteiger charge is -2.39. The van der Waals surface area contributed by atoms with E-state index in [1.54, 1.807) is 0 Å². The lowest BCUT2D eigenvalue weighted by Crippen LogP contribution is -2.42. The SMILES string of the molecule is CC1C=C2C=CC(C)C(CCC3CC(O)C(Cc4ccccc4)C(=O)O3)C2CC1. The van der Waals surface area contributed by atoms with Gasteiger partial charge in [0.05, 0.1) is 12.0 Å². The predicted octanol–water partition coefficient (Wildman–Crippen LogP) is 5.10. The van der Waals surface area contributed by atoms with E-state index in [0.717, 1.165) is 18.4 Å². The van der Waals surface area contributed by atoms with Crippen molar-refractivity contribution in [1.82, 2.24) is 0 Å². The van der Waals surface area contributed by atoms with Crippen LogP contribution < -0.4 is 0 Å². The molecule has 4 rings (SSSR count). The molecule has 0 radical (unpaired) electrons. The first-order chi connectivity index (χ1) is 14.0. The Labute approximate surface area is 174 Å². The fourth-order valence-corrected chi connectivity index (χ4v) is 5.55. The van der Waals surface area contributed by atoms with Gasteiger partial charge in [-0.3, -0.25) is 4.79 Å². The van der Waals surface area contributed by atoms with Gasteiger partial charge in [0.25, 0.3) is 0 Å². The lowest BCUT2D eigenvalue weighted by atomic mass is 9.66. The Hall–Kier alpha value is -1.87. The lowest BCUT2D eigenvalue weighted by molar-refractivity contribution is -0.170.